The summed E-state index contributed by atoms with van der Waals surface area (Å²) in [6.45, 7) is 6.33. The van der Waals surface area contributed by atoms with Gasteiger partial charge in [-0.1, -0.05) is 13.8 Å². The first-order valence-corrected chi connectivity index (χ1v) is 12.1. The number of sulfone groups is 1. The predicted octanol–water partition coefficient (Wildman–Crippen LogP) is 1.61. The van der Waals surface area contributed by atoms with Crippen LogP contribution in [0.5, 0.6) is 0 Å². The SMILES string of the molecule is CCN(CC)CCS(=O)(=O)CCOP(N)(=O)N(CCCl)CCCl. The summed E-state index contributed by atoms with van der Waals surface area (Å²) in [4.78, 5) is 2.02. The van der Waals surface area contributed by atoms with Gasteiger partial charge in [0.2, 0.25) is 0 Å². The Morgan fingerprint density at radius 3 is 2.00 bits per heavy atom. The topological polar surface area (TPSA) is 92.9 Å². The summed E-state index contributed by atoms with van der Waals surface area (Å²) in [6.07, 6.45) is 0. The molecule has 0 saturated carbocycles. The first-order valence-electron chi connectivity index (χ1n) is 7.55. The molecule has 2 N–H and O–H groups in total. The summed E-state index contributed by atoms with van der Waals surface area (Å²) >= 11 is 11.3. The average Bonchev–Trinajstić information content (AvgIpc) is 2.47. The van der Waals surface area contributed by atoms with Crippen LogP contribution in [0.4, 0.5) is 0 Å². The zero-order chi connectivity index (χ0) is 17.9. The minimum Gasteiger partial charge on any atom is -0.305 e. The molecule has 23 heavy (non-hydrogen) atoms. The highest BCUT2D eigenvalue weighted by Gasteiger charge is 2.27. The number of alkyl halides is 2. The number of nitrogens with zero attached hydrogens (tertiary/aromatic N) is 2. The monoisotopic (exact) mass is 411 g/mol. The van der Waals surface area contributed by atoms with Crippen molar-refractivity contribution in [3.63, 3.8) is 0 Å². The Balaban J connectivity index is 4.41. The van der Waals surface area contributed by atoms with Crippen molar-refractivity contribution >= 4 is 40.7 Å². The van der Waals surface area contributed by atoms with Gasteiger partial charge in [0.25, 0.3) is 0 Å². The predicted molar refractivity (Wildman–Crippen MR) is 97.2 cm³/mol. The third-order valence-electron chi connectivity index (χ3n) is 3.36. The van der Waals surface area contributed by atoms with E-state index in [1.165, 1.54) is 4.67 Å². The number of hydrogen-bond donors (Lipinski definition) is 1. The molecule has 0 saturated heterocycles. The van der Waals surface area contributed by atoms with Gasteiger partial charge < -0.3 is 9.42 Å². The minimum atomic E-state index is -3.58. The van der Waals surface area contributed by atoms with Gasteiger partial charge in [0, 0.05) is 31.4 Å². The van der Waals surface area contributed by atoms with E-state index in [1.54, 1.807) is 0 Å². The Morgan fingerprint density at radius 2 is 1.57 bits per heavy atom. The molecule has 1 unspecified atom stereocenters. The molecule has 11 heteroatoms. The van der Waals surface area contributed by atoms with Crippen molar-refractivity contribution < 1.29 is 17.5 Å². The fourth-order valence-corrected chi connectivity index (χ4v) is 4.99. The minimum absolute atomic E-state index is 0.0417. The van der Waals surface area contributed by atoms with Gasteiger partial charge in [-0.05, 0) is 13.1 Å². The van der Waals surface area contributed by atoms with Crippen LogP contribution in [0.3, 0.4) is 0 Å². The molecule has 0 spiro atoms. The van der Waals surface area contributed by atoms with Crippen LogP contribution in [-0.2, 0) is 18.9 Å². The molecule has 1 atom stereocenters. The molecule has 0 radical (unpaired) electrons. The van der Waals surface area contributed by atoms with Crippen molar-refractivity contribution in [3.05, 3.63) is 0 Å². The molecule has 7 nitrogen and oxygen atoms in total. The van der Waals surface area contributed by atoms with Crippen LogP contribution < -0.4 is 5.50 Å². The highest BCUT2D eigenvalue weighted by Crippen LogP contribution is 2.42. The molecule has 140 valence electrons. The Kier molecular flexibility index (Phi) is 12.3. The van der Waals surface area contributed by atoms with Gasteiger partial charge in [0.1, 0.15) is 0 Å². The fraction of sp³-hybridized carbons (Fsp3) is 1.00. The molecule has 0 amide bonds. The number of hydrogen-bond acceptors (Lipinski definition) is 5. The van der Waals surface area contributed by atoms with Crippen molar-refractivity contribution in [3.8, 4) is 0 Å². The van der Waals surface area contributed by atoms with E-state index in [9.17, 15) is 13.0 Å². The van der Waals surface area contributed by atoms with E-state index in [4.69, 9.17) is 33.2 Å². The van der Waals surface area contributed by atoms with Gasteiger partial charge in [-0.15, -0.1) is 23.2 Å². The second-order valence-electron chi connectivity index (χ2n) is 4.91. The summed E-state index contributed by atoms with van der Waals surface area (Å²) < 4.78 is 42.8. The molecule has 0 rings (SSSR count). The van der Waals surface area contributed by atoms with Crippen LogP contribution in [0.2, 0.25) is 0 Å². The van der Waals surface area contributed by atoms with Crippen LogP contribution in [0.25, 0.3) is 0 Å². The summed E-state index contributed by atoms with van der Waals surface area (Å²) in [7, 11) is -6.87. The van der Waals surface area contributed by atoms with Crippen LogP contribution >= 0.6 is 30.9 Å². The zero-order valence-corrected chi connectivity index (χ0v) is 17.0. The fourth-order valence-electron chi connectivity index (χ4n) is 1.87. The van der Waals surface area contributed by atoms with Gasteiger partial charge >= 0.3 is 7.67 Å². The molecule has 0 aliphatic rings. The summed E-state index contributed by atoms with van der Waals surface area (Å²) in [6, 6.07) is 0. The normalized spacial score (nSPS) is 15.3. The van der Waals surface area contributed by atoms with Crippen LogP contribution in [0.15, 0.2) is 0 Å². The van der Waals surface area contributed by atoms with Crippen LogP contribution in [0.1, 0.15) is 13.8 Å². The zero-order valence-electron chi connectivity index (χ0n) is 13.8. The molecule has 0 aliphatic heterocycles. The van der Waals surface area contributed by atoms with Crippen molar-refractivity contribution in [2.75, 3.05) is 62.6 Å². The van der Waals surface area contributed by atoms with Gasteiger partial charge in [0.05, 0.1) is 18.1 Å². The van der Waals surface area contributed by atoms with E-state index in [0.29, 0.717) is 6.54 Å². The molecule has 0 aromatic heterocycles. The van der Waals surface area contributed by atoms with E-state index < -0.39 is 17.5 Å². The Bertz CT molecular complexity index is 457. The van der Waals surface area contributed by atoms with Crippen molar-refractivity contribution in [1.29, 1.82) is 0 Å². The molecule has 0 aromatic rings. The molecule has 0 aliphatic carbocycles. The average molecular weight is 412 g/mol. The molecule has 0 aromatic carbocycles. The van der Waals surface area contributed by atoms with Crippen LogP contribution in [0, 0.1) is 0 Å². The molecular formula is C12H28Cl2N3O4PS. The smallest absolute Gasteiger partial charge is 0.305 e. The Labute approximate surface area is 149 Å². The van der Waals surface area contributed by atoms with Gasteiger partial charge in [-0.3, -0.25) is 4.57 Å². The molecule has 0 bridgehead atoms. The van der Waals surface area contributed by atoms with Gasteiger partial charge in [-0.2, -0.15) is 0 Å². The second kappa shape index (κ2) is 12.0. The summed E-state index contributed by atoms with van der Waals surface area (Å²) in [5.41, 5.74) is 5.67. The number of rotatable bonds is 14. The van der Waals surface area contributed by atoms with Crippen LogP contribution in [-0.4, -0.2) is 80.6 Å². The number of halogens is 2. The largest absolute Gasteiger partial charge is 0.340 e. The maximum Gasteiger partial charge on any atom is 0.340 e. The Morgan fingerprint density at radius 1 is 1.04 bits per heavy atom. The summed E-state index contributed by atoms with van der Waals surface area (Å²) in [5.74, 6) is 0.276. The first kappa shape index (κ1) is 23.6. The van der Waals surface area contributed by atoms with E-state index in [0.717, 1.165) is 13.1 Å². The van der Waals surface area contributed by atoms with E-state index in [-0.39, 0.29) is 43.0 Å². The lowest BCUT2D eigenvalue weighted by atomic mass is 10.5. The highest BCUT2D eigenvalue weighted by atomic mass is 35.5. The van der Waals surface area contributed by atoms with Crippen molar-refractivity contribution in [2.45, 2.75) is 13.8 Å². The lowest BCUT2D eigenvalue weighted by molar-refractivity contribution is 0.280. The maximum atomic E-state index is 12.3. The maximum absolute atomic E-state index is 12.3. The number of nitrogens with two attached hydrogens (primary N) is 1. The third kappa shape index (κ3) is 10.2. The third-order valence-corrected chi connectivity index (χ3v) is 7.04. The first-order chi connectivity index (χ1) is 10.7. The molecular weight excluding hydrogens is 384 g/mol. The summed E-state index contributed by atoms with van der Waals surface area (Å²) in [5, 5.41) is 0. The van der Waals surface area contributed by atoms with Gasteiger partial charge in [-0.25, -0.2) is 18.6 Å². The highest BCUT2D eigenvalue weighted by molar-refractivity contribution is 7.91. The lowest BCUT2D eigenvalue weighted by Crippen LogP contribution is -2.32. The molecule has 0 fully saturated rings. The van der Waals surface area contributed by atoms with E-state index >= 15 is 0 Å². The quantitative estimate of drug-likeness (QED) is 0.342. The second-order valence-corrected chi connectivity index (χ2v) is 9.92. The van der Waals surface area contributed by atoms with Gasteiger partial charge in [0.15, 0.2) is 9.84 Å². The standard InChI is InChI=1S/C12H28Cl2N3O4PS/c1-3-16(4-2)9-11-23(19,20)12-10-21-22(15,18)17(7-5-13)8-6-14/h3-12H2,1-2H3,(H2,15,18). The van der Waals surface area contributed by atoms with E-state index in [2.05, 4.69) is 0 Å². The molecule has 0 heterocycles. The van der Waals surface area contributed by atoms with Crippen molar-refractivity contribution in [2.24, 2.45) is 5.50 Å². The van der Waals surface area contributed by atoms with Crippen molar-refractivity contribution in [1.82, 2.24) is 9.57 Å². The lowest BCUT2D eigenvalue weighted by Gasteiger charge is -2.26. The Hall–Kier alpha value is 0.600. The van der Waals surface area contributed by atoms with E-state index in [1.807, 2.05) is 18.7 Å².